The van der Waals surface area contributed by atoms with Crippen LogP contribution in [0, 0.1) is 6.92 Å². The molecule has 0 fully saturated rings. The third-order valence-electron chi connectivity index (χ3n) is 2.13. The molecule has 0 aliphatic rings. The molecule has 0 saturated heterocycles. The molecule has 0 amide bonds. The molecule has 0 aliphatic carbocycles. The molecular weight excluding hydrogens is 206 g/mol. The molecule has 78 valence electrons. The summed E-state index contributed by atoms with van der Waals surface area (Å²) in [6.45, 7) is 1.99. The number of thiol groups is 1. The van der Waals surface area contributed by atoms with Crippen molar-refractivity contribution in [2.45, 2.75) is 13.3 Å². The van der Waals surface area contributed by atoms with Gasteiger partial charge in [0.15, 0.2) is 0 Å². The molecule has 2 rings (SSSR count). The summed E-state index contributed by atoms with van der Waals surface area (Å²) in [6, 6.07) is 4.00. The van der Waals surface area contributed by atoms with Gasteiger partial charge in [-0.1, -0.05) is 0 Å². The number of hydrogen-bond acceptors (Lipinski definition) is 3. The lowest BCUT2D eigenvalue weighted by Crippen LogP contribution is -1.99. The Kier molecular flexibility index (Phi) is 3.06. The molecule has 2 aromatic heterocycles. The Morgan fingerprint density at radius 3 is 2.93 bits per heavy atom. The number of aromatic nitrogens is 3. The summed E-state index contributed by atoms with van der Waals surface area (Å²) < 4.78 is 0. The van der Waals surface area contributed by atoms with E-state index >= 15 is 0 Å². The van der Waals surface area contributed by atoms with Crippen molar-refractivity contribution >= 4 is 12.6 Å². The third kappa shape index (κ3) is 2.39. The first-order valence-electron chi connectivity index (χ1n) is 4.88. The Morgan fingerprint density at radius 1 is 1.40 bits per heavy atom. The molecule has 15 heavy (non-hydrogen) atoms. The number of rotatable bonds is 3. The van der Waals surface area contributed by atoms with Gasteiger partial charge in [0.2, 0.25) is 0 Å². The SMILES string of the molecule is Cc1cc(-c2cc[nH]c2)nc(CCS)n1. The van der Waals surface area contributed by atoms with Crippen LogP contribution in [-0.2, 0) is 6.42 Å². The minimum atomic E-state index is 0.774. The number of aromatic amines is 1. The summed E-state index contributed by atoms with van der Waals surface area (Å²) in [5.74, 6) is 1.64. The van der Waals surface area contributed by atoms with Crippen LogP contribution < -0.4 is 0 Å². The molecule has 0 unspecified atom stereocenters. The van der Waals surface area contributed by atoms with Gasteiger partial charge in [-0.25, -0.2) is 9.97 Å². The van der Waals surface area contributed by atoms with E-state index in [1.54, 1.807) is 0 Å². The molecule has 4 heteroatoms. The maximum Gasteiger partial charge on any atom is 0.130 e. The minimum Gasteiger partial charge on any atom is -0.367 e. The fourth-order valence-corrected chi connectivity index (χ4v) is 1.67. The first-order chi connectivity index (χ1) is 7.29. The van der Waals surface area contributed by atoms with Crippen LogP contribution in [0.2, 0.25) is 0 Å². The van der Waals surface area contributed by atoms with Crippen LogP contribution in [0.25, 0.3) is 11.3 Å². The predicted octanol–water partition coefficient (Wildman–Crippen LogP) is 2.25. The average Bonchev–Trinajstić information content (AvgIpc) is 2.70. The molecule has 0 atom stereocenters. The number of aryl methyl sites for hydroxylation is 2. The fourth-order valence-electron chi connectivity index (χ4n) is 1.47. The maximum atomic E-state index is 4.49. The Balaban J connectivity index is 2.40. The maximum absolute atomic E-state index is 4.49. The molecule has 0 radical (unpaired) electrons. The second kappa shape index (κ2) is 4.49. The monoisotopic (exact) mass is 219 g/mol. The third-order valence-corrected chi connectivity index (χ3v) is 2.35. The van der Waals surface area contributed by atoms with E-state index in [1.165, 1.54) is 0 Å². The summed E-state index contributed by atoms with van der Waals surface area (Å²) in [5.41, 5.74) is 3.07. The van der Waals surface area contributed by atoms with Gasteiger partial charge in [-0.2, -0.15) is 12.6 Å². The molecule has 2 aromatic rings. The van der Waals surface area contributed by atoms with Gasteiger partial charge in [-0.15, -0.1) is 0 Å². The van der Waals surface area contributed by atoms with Gasteiger partial charge in [0, 0.05) is 30.1 Å². The summed E-state index contributed by atoms with van der Waals surface area (Å²) in [7, 11) is 0. The Bertz CT molecular complexity index is 437. The quantitative estimate of drug-likeness (QED) is 0.777. The number of hydrogen-bond donors (Lipinski definition) is 2. The van der Waals surface area contributed by atoms with Crippen molar-refractivity contribution in [3.63, 3.8) is 0 Å². The first-order valence-corrected chi connectivity index (χ1v) is 5.51. The lowest BCUT2D eigenvalue weighted by Gasteiger charge is -2.03. The van der Waals surface area contributed by atoms with Crippen LogP contribution in [0.1, 0.15) is 11.5 Å². The highest BCUT2D eigenvalue weighted by Crippen LogP contribution is 2.16. The number of nitrogens with one attached hydrogen (secondary N) is 1. The Morgan fingerprint density at radius 2 is 2.27 bits per heavy atom. The molecular formula is C11H13N3S. The van der Waals surface area contributed by atoms with Gasteiger partial charge >= 0.3 is 0 Å². The van der Waals surface area contributed by atoms with Crippen LogP contribution in [0.5, 0.6) is 0 Å². The van der Waals surface area contributed by atoms with Crippen molar-refractivity contribution < 1.29 is 0 Å². The van der Waals surface area contributed by atoms with Gasteiger partial charge < -0.3 is 4.98 Å². The number of H-pyrrole nitrogens is 1. The molecule has 0 bridgehead atoms. The van der Waals surface area contributed by atoms with E-state index in [1.807, 2.05) is 31.5 Å². The molecule has 1 N–H and O–H groups in total. The van der Waals surface area contributed by atoms with Crippen molar-refractivity contribution in [2.24, 2.45) is 0 Å². The van der Waals surface area contributed by atoms with Gasteiger partial charge in [-0.3, -0.25) is 0 Å². The number of nitrogens with zero attached hydrogens (tertiary/aromatic N) is 2. The van der Waals surface area contributed by atoms with E-state index in [2.05, 4.69) is 27.6 Å². The predicted molar refractivity (Wildman–Crippen MR) is 64.1 cm³/mol. The van der Waals surface area contributed by atoms with Crippen LogP contribution in [0.4, 0.5) is 0 Å². The van der Waals surface area contributed by atoms with Gasteiger partial charge in [0.25, 0.3) is 0 Å². The highest BCUT2D eigenvalue weighted by atomic mass is 32.1. The molecule has 2 heterocycles. The van der Waals surface area contributed by atoms with Gasteiger partial charge in [-0.05, 0) is 24.8 Å². The normalized spacial score (nSPS) is 10.5. The summed E-state index contributed by atoms with van der Waals surface area (Å²) in [6.07, 6.45) is 4.64. The topological polar surface area (TPSA) is 41.6 Å². The lowest BCUT2D eigenvalue weighted by molar-refractivity contribution is 0.930. The second-order valence-electron chi connectivity index (χ2n) is 3.38. The van der Waals surface area contributed by atoms with Crippen molar-refractivity contribution in [1.82, 2.24) is 15.0 Å². The minimum absolute atomic E-state index is 0.774. The zero-order valence-electron chi connectivity index (χ0n) is 8.57. The molecule has 0 aliphatic heterocycles. The second-order valence-corrected chi connectivity index (χ2v) is 3.83. The molecule has 0 saturated carbocycles. The van der Waals surface area contributed by atoms with Crippen molar-refractivity contribution in [2.75, 3.05) is 5.75 Å². The molecule has 0 aromatic carbocycles. The van der Waals surface area contributed by atoms with Crippen LogP contribution in [-0.4, -0.2) is 20.7 Å². The average molecular weight is 219 g/mol. The van der Waals surface area contributed by atoms with Gasteiger partial charge in [0.05, 0.1) is 5.69 Å². The molecule has 0 spiro atoms. The van der Waals surface area contributed by atoms with Crippen molar-refractivity contribution in [1.29, 1.82) is 0 Å². The van der Waals surface area contributed by atoms with Crippen LogP contribution >= 0.6 is 12.6 Å². The van der Waals surface area contributed by atoms with E-state index in [0.29, 0.717) is 0 Å². The standard InChI is InChI=1S/C11H13N3S/c1-8-6-10(9-2-4-12-7-9)14-11(13-8)3-5-15/h2,4,6-7,12,15H,3,5H2,1H3. The smallest absolute Gasteiger partial charge is 0.130 e. The Labute approximate surface area is 94.4 Å². The Hall–Kier alpha value is -1.29. The molecule has 3 nitrogen and oxygen atoms in total. The van der Waals surface area contributed by atoms with E-state index in [4.69, 9.17) is 0 Å². The van der Waals surface area contributed by atoms with E-state index in [-0.39, 0.29) is 0 Å². The fraction of sp³-hybridized carbons (Fsp3) is 0.273. The highest BCUT2D eigenvalue weighted by molar-refractivity contribution is 7.80. The zero-order chi connectivity index (χ0) is 10.7. The highest BCUT2D eigenvalue weighted by Gasteiger charge is 2.04. The zero-order valence-corrected chi connectivity index (χ0v) is 9.46. The first kappa shape index (κ1) is 10.2. The van der Waals surface area contributed by atoms with Crippen molar-refractivity contribution in [3.05, 3.63) is 36.0 Å². The largest absolute Gasteiger partial charge is 0.367 e. The van der Waals surface area contributed by atoms with E-state index in [9.17, 15) is 0 Å². The lowest BCUT2D eigenvalue weighted by atomic mass is 10.2. The summed E-state index contributed by atoms with van der Waals surface area (Å²) in [4.78, 5) is 11.9. The van der Waals surface area contributed by atoms with E-state index < -0.39 is 0 Å². The van der Waals surface area contributed by atoms with Crippen LogP contribution in [0.3, 0.4) is 0 Å². The summed E-state index contributed by atoms with van der Waals surface area (Å²) >= 11 is 4.19. The summed E-state index contributed by atoms with van der Waals surface area (Å²) in [5, 5.41) is 0. The van der Waals surface area contributed by atoms with Gasteiger partial charge in [0.1, 0.15) is 5.82 Å². The van der Waals surface area contributed by atoms with Crippen molar-refractivity contribution in [3.8, 4) is 11.3 Å². The van der Waals surface area contributed by atoms with Crippen LogP contribution in [0.15, 0.2) is 24.5 Å². The van der Waals surface area contributed by atoms with E-state index in [0.717, 1.165) is 34.9 Å².